The summed E-state index contributed by atoms with van der Waals surface area (Å²) in [5, 5.41) is 8.47. The van der Waals surface area contributed by atoms with E-state index in [2.05, 4.69) is 15.2 Å². The zero-order valence-electron chi connectivity index (χ0n) is 19.4. The highest BCUT2D eigenvalue weighted by Gasteiger charge is 2.34. The van der Waals surface area contributed by atoms with Crippen molar-refractivity contribution in [3.8, 4) is 17.1 Å². The van der Waals surface area contributed by atoms with E-state index in [1.54, 1.807) is 35.6 Å². The largest absolute Gasteiger partial charge is 0.339 e. The molecule has 2 aromatic heterocycles. The van der Waals surface area contributed by atoms with E-state index in [-0.39, 0.29) is 11.7 Å². The van der Waals surface area contributed by atoms with E-state index in [0.717, 1.165) is 12.1 Å². The summed E-state index contributed by atoms with van der Waals surface area (Å²) in [5.41, 5.74) is 2.79. The number of amides is 1. The smallest absolute Gasteiger partial charge is 0.295 e. The summed E-state index contributed by atoms with van der Waals surface area (Å²) < 4.78 is 20.7. The van der Waals surface area contributed by atoms with Crippen molar-refractivity contribution in [2.24, 2.45) is 0 Å². The zero-order chi connectivity index (χ0) is 24.5. The van der Waals surface area contributed by atoms with Crippen LogP contribution in [0, 0.1) is 19.7 Å². The number of likely N-dealkylation sites (tertiary alicyclic amines) is 1. The first-order valence-electron chi connectivity index (χ1n) is 11.5. The van der Waals surface area contributed by atoms with Gasteiger partial charge in [-0.2, -0.15) is 10.1 Å². The Labute approximate surface area is 201 Å². The standard InChI is InChI=1S/C26H24FN5O3/c1-16-22(17(2)32(29-16)21-11-4-3-5-12-21)23(33)26(34)31-13-7-9-19(15-31)25-28-24(30-35-25)18-8-6-10-20(27)14-18/h3-6,8,10-12,14,19H,7,9,13,15H2,1-2H3. The zero-order valence-corrected chi connectivity index (χ0v) is 19.4. The Hall–Kier alpha value is -4.14. The topological polar surface area (TPSA) is 94.1 Å². The van der Waals surface area contributed by atoms with E-state index < -0.39 is 11.7 Å². The quantitative estimate of drug-likeness (QED) is 0.317. The summed E-state index contributed by atoms with van der Waals surface area (Å²) in [7, 11) is 0. The molecule has 5 rings (SSSR count). The molecular weight excluding hydrogens is 449 g/mol. The molecule has 8 nitrogen and oxygen atoms in total. The second-order valence-corrected chi connectivity index (χ2v) is 8.68. The number of aromatic nitrogens is 4. The number of rotatable bonds is 5. The van der Waals surface area contributed by atoms with Crippen LogP contribution in [-0.2, 0) is 4.79 Å². The summed E-state index contributed by atoms with van der Waals surface area (Å²) >= 11 is 0. The normalized spacial score (nSPS) is 15.9. The predicted octanol–water partition coefficient (Wildman–Crippen LogP) is 4.27. The lowest BCUT2D eigenvalue weighted by atomic mass is 9.97. The molecule has 2 aromatic carbocycles. The van der Waals surface area contributed by atoms with Gasteiger partial charge in [-0.15, -0.1) is 0 Å². The molecule has 0 spiro atoms. The van der Waals surface area contributed by atoms with Crippen molar-refractivity contribution in [3.63, 3.8) is 0 Å². The Kier molecular flexibility index (Phi) is 5.98. The van der Waals surface area contributed by atoms with Gasteiger partial charge < -0.3 is 9.42 Å². The fourth-order valence-corrected chi connectivity index (χ4v) is 4.55. The van der Waals surface area contributed by atoms with Crippen molar-refractivity contribution in [3.05, 3.63) is 83.3 Å². The summed E-state index contributed by atoms with van der Waals surface area (Å²) in [6.45, 7) is 4.29. The molecule has 4 aromatic rings. The second-order valence-electron chi connectivity index (χ2n) is 8.68. The van der Waals surface area contributed by atoms with Crippen molar-refractivity contribution in [2.75, 3.05) is 13.1 Å². The molecule has 1 atom stereocenters. The lowest BCUT2D eigenvalue weighted by Gasteiger charge is -2.30. The number of benzene rings is 2. The second kappa shape index (κ2) is 9.25. The number of ketones is 1. The highest BCUT2D eigenvalue weighted by Crippen LogP contribution is 2.29. The lowest BCUT2D eigenvalue weighted by Crippen LogP contribution is -2.43. The van der Waals surface area contributed by atoms with Crippen LogP contribution < -0.4 is 0 Å². The molecule has 0 saturated carbocycles. The molecule has 0 bridgehead atoms. The van der Waals surface area contributed by atoms with Crippen molar-refractivity contribution < 1.29 is 18.5 Å². The molecule has 178 valence electrons. The number of aryl methyl sites for hydroxylation is 1. The average Bonchev–Trinajstić information content (AvgIpc) is 3.48. The van der Waals surface area contributed by atoms with E-state index in [0.29, 0.717) is 53.7 Å². The first-order valence-corrected chi connectivity index (χ1v) is 11.5. The van der Waals surface area contributed by atoms with Crippen molar-refractivity contribution in [1.29, 1.82) is 0 Å². The van der Waals surface area contributed by atoms with Gasteiger partial charge in [-0.3, -0.25) is 9.59 Å². The van der Waals surface area contributed by atoms with Crippen LogP contribution in [0.25, 0.3) is 17.1 Å². The molecule has 1 amide bonds. The number of carbonyl (C=O) groups excluding carboxylic acids is 2. The van der Waals surface area contributed by atoms with Crippen molar-refractivity contribution in [1.82, 2.24) is 24.8 Å². The number of hydrogen-bond donors (Lipinski definition) is 0. The number of hydrogen-bond acceptors (Lipinski definition) is 6. The summed E-state index contributed by atoms with van der Waals surface area (Å²) in [5.74, 6) is -1.07. The molecule has 0 radical (unpaired) electrons. The van der Waals surface area contributed by atoms with Gasteiger partial charge in [0.05, 0.1) is 28.6 Å². The van der Waals surface area contributed by atoms with Crippen LogP contribution in [0.15, 0.2) is 59.1 Å². The third-order valence-electron chi connectivity index (χ3n) is 6.30. The van der Waals surface area contributed by atoms with Gasteiger partial charge in [-0.25, -0.2) is 9.07 Å². The van der Waals surface area contributed by atoms with Crippen LogP contribution in [-0.4, -0.2) is 49.6 Å². The first-order chi connectivity index (χ1) is 16.9. The monoisotopic (exact) mass is 473 g/mol. The van der Waals surface area contributed by atoms with E-state index in [1.807, 2.05) is 30.3 Å². The van der Waals surface area contributed by atoms with Crippen LogP contribution in [0.5, 0.6) is 0 Å². The third kappa shape index (κ3) is 4.37. The average molecular weight is 474 g/mol. The van der Waals surface area contributed by atoms with Crippen LogP contribution in [0.3, 0.4) is 0 Å². The highest BCUT2D eigenvalue weighted by molar-refractivity contribution is 6.43. The van der Waals surface area contributed by atoms with E-state index in [4.69, 9.17) is 4.52 Å². The molecule has 3 heterocycles. The van der Waals surface area contributed by atoms with Crippen LogP contribution in [0.4, 0.5) is 4.39 Å². The maximum Gasteiger partial charge on any atom is 0.295 e. The Morgan fingerprint density at radius 3 is 2.66 bits per heavy atom. The maximum absolute atomic E-state index is 13.6. The minimum Gasteiger partial charge on any atom is -0.339 e. The minimum absolute atomic E-state index is 0.204. The van der Waals surface area contributed by atoms with E-state index in [1.165, 1.54) is 12.1 Å². The van der Waals surface area contributed by atoms with Crippen LogP contribution >= 0.6 is 0 Å². The molecular formula is C26H24FN5O3. The van der Waals surface area contributed by atoms with E-state index >= 15 is 0 Å². The summed E-state index contributed by atoms with van der Waals surface area (Å²) in [4.78, 5) is 32.5. The summed E-state index contributed by atoms with van der Waals surface area (Å²) in [6.07, 6.45) is 1.44. The van der Waals surface area contributed by atoms with Crippen LogP contribution in [0.1, 0.15) is 46.4 Å². The molecule has 1 unspecified atom stereocenters. The number of para-hydroxylation sites is 1. The Bertz CT molecular complexity index is 1400. The Morgan fingerprint density at radius 1 is 1.09 bits per heavy atom. The van der Waals surface area contributed by atoms with Gasteiger partial charge in [0.1, 0.15) is 5.82 Å². The lowest BCUT2D eigenvalue weighted by molar-refractivity contribution is -0.127. The van der Waals surface area contributed by atoms with Crippen molar-refractivity contribution in [2.45, 2.75) is 32.6 Å². The number of carbonyl (C=O) groups is 2. The van der Waals surface area contributed by atoms with Gasteiger partial charge in [0, 0.05) is 18.7 Å². The first kappa shape index (κ1) is 22.6. The van der Waals surface area contributed by atoms with Gasteiger partial charge in [0.25, 0.3) is 11.7 Å². The number of Topliss-reactive ketones (excluding diaryl/α,β-unsaturated/α-hetero) is 1. The van der Waals surface area contributed by atoms with Crippen molar-refractivity contribution >= 4 is 11.7 Å². The maximum atomic E-state index is 13.6. The fraction of sp³-hybridized carbons (Fsp3) is 0.269. The Morgan fingerprint density at radius 2 is 1.89 bits per heavy atom. The Balaban J connectivity index is 1.34. The van der Waals surface area contributed by atoms with Gasteiger partial charge in [0.2, 0.25) is 11.7 Å². The number of piperidine rings is 1. The van der Waals surface area contributed by atoms with Gasteiger partial charge in [-0.1, -0.05) is 35.5 Å². The molecule has 1 saturated heterocycles. The molecule has 1 aliphatic rings. The molecule has 0 N–H and O–H groups in total. The predicted molar refractivity (Wildman–Crippen MR) is 126 cm³/mol. The van der Waals surface area contributed by atoms with Gasteiger partial charge in [-0.05, 0) is 51.0 Å². The fourth-order valence-electron chi connectivity index (χ4n) is 4.55. The van der Waals surface area contributed by atoms with Crippen LogP contribution in [0.2, 0.25) is 0 Å². The highest BCUT2D eigenvalue weighted by atomic mass is 19.1. The minimum atomic E-state index is -0.575. The van der Waals surface area contributed by atoms with Gasteiger partial charge in [0.15, 0.2) is 0 Å². The van der Waals surface area contributed by atoms with Gasteiger partial charge >= 0.3 is 0 Å². The molecule has 35 heavy (non-hydrogen) atoms. The van der Waals surface area contributed by atoms with E-state index in [9.17, 15) is 14.0 Å². The molecule has 9 heteroatoms. The number of halogens is 1. The molecule has 1 aliphatic heterocycles. The number of nitrogens with zero attached hydrogens (tertiary/aromatic N) is 5. The molecule has 1 fully saturated rings. The molecule has 0 aliphatic carbocycles. The summed E-state index contributed by atoms with van der Waals surface area (Å²) in [6, 6.07) is 15.4. The SMILES string of the molecule is Cc1nn(-c2ccccc2)c(C)c1C(=O)C(=O)N1CCCC(c2nc(-c3cccc(F)c3)no2)C1. The third-order valence-corrected chi connectivity index (χ3v) is 6.30.